The fourth-order valence-corrected chi connectivity index (χ4v) is 3.12. The number of benzene rings is 1. The fourth-order valence-electron chi connectivity index (χ4n) is 3.12. The van der Waals surface area contributed by atoms with Crippen LogP contribution in [-0.2, 0) is 5.11 Å². The fraction of sp³-hybridized carbons (Fsp3) is 0.667. The van der Waals surface area contributed by atoms with Gasteiger partial charge in [0.15, 0.2) is 5.75 Å². The Bertz CT molecular complexity index is 364. The molecule has 1 aliphatic rings. The van der Waals surface area contributed by atoms with Crippen molar-refractivity contribution in [2.45, 2.75) is 58.3 Å². The summed E-state index contributed by atoms with van der Waals surface area (Å²) in [5.41, 5.74) is 0. The normalized spacial score (nSPS) is 22.6. The van der Waals surface area contributed by atoms with Crippen molar-refractivity contribution in [3.05, 3.63) is 24.3 Å². The Morgan fingerprint density at radius 3 is 2.30 bits per heavy atom. The topological polar surface area (TPSA) is 29.1 Å². The second-order valence-electron chi connectivity index (χ2n) is 6.16. The van der Waals surface area contributed by atoms with E-state index in [-0.39, 0.29) is 5.75 Å². The predicted octanol–water partition coefficient (Wildman–Crippen LogP) is 5.60. The first-order valence-electron chi connectivity index (χ1n) is 8.17. The van der Waals surface area contributed by atoms with Crippen LogP contribution in [0.2, 0.25) is 0 Å². The molecule has 0 aliphatic heterocycles. The molecule has 2 rings (SSSR count). The molecule has 1 fully saturated rings. The molecule has 0 atom stereocenters. The van der Waals surface area contributed by atoms with Crippen molar-refractivity contribution in [1.82, 2.24) is 0 Å². The van der Waals surface area contributed by atoms with E-state index in [1.165, 1.54) is 51.4 Å². The highest BCUT2D eigenvalue weighted by molar-refractivity contribution is 5.29. The zero-order chi connectivity index (χ0) is 14.2. The van der Waals surface area contributed by atoms with Gasteiger partial charge < -0.3 is 4.74 Å². The first kappa shape index (κ1) is 15.2. The molecule has 0 unspecified atom stereocenters. The molecular weight excluding hydrogens is 248 g/mol. The van der Waals surface area contributed by atoms with Gasteiger partial charge in [0, 0.05) is 0 Å². The molecular formula is C18H27O2. The molecule has 111 valence electrons. The van der Waals surface area contributed by atoms with E-state index in [4.69, 9.17) is 4.74 Å². The van der Waals surface area contributed by atoms with E-state index in [9.17, 15) is 5.11 Å². The van der Waals surface area contributed by atoms with Crippen molar-refractivity contribution >= 4 is 0 Å². The molecule has 20 heavy (non-hydrogen) atoms. The van der Waals surface area contributed by atoms with Crippen LogP contribution in [0.5, 0.6) is 11.5 Å². The third kappa shape index (κ3) is 5.07. The molecule has 2 heteroatoms. The Hall–Kier alpha value is -1.18. The number of unbranched alkanes of at least 4 members (excludes halogenated alkanes) is 2. The highest BCUT2D eigenvalue weighted by Gasteiger charge is 2.21. The van der Waals surface area contributed by atoms with Gasteiger partial charge in [0.05, 0.1) is 6.61 Å². The SMILES string of the molecule is CCCCCC1CCC(COc2ccc([O])cc2)CC1. The van der Waals surface area contributed by atoms with Gasteiger partial charge in [-0.3, -0.25) is 5.11 Å². The van der Waals surface area contributed by atoms with E-state index in [0.717, 1.165) is 18.3 Å². The van der Waals surface area contributed by atoms with Crippen LogP contribution in [0.1, 0.15) is 58.3 Å². The maximum atomic E-state index is 11.0. The van der Waals surface area contributed by atoms with Gasteiger partial charge >= 0.3 is 0 Å². The summed E-state index contributed by atoms with van der Waals surface area (Å²) < 4.78 is 5.80. The van der Waals surface area contributed by atoms with Gasteiger partial charge in [-0.1, -0.05) is 45.4 Å². The molecule has 1 aromatic rings. The molecule has 0 heterocycles. The summed E-state index contributed by atoms with van der Waals surface area (Å²) >= 11 is 0. The molecule has 0 N–H and O–H groups in total. The monoisotopic (exact) mass is 275 g/mol. The lowest BCUT2D eigenvalue weighted by Crippen LogP contribution is -2.20. The largest absolute Gasteiger partial charge is 0.493 e. The van der Waals surface area contributed by atoms with Crippen LogP contribution in [0.3, 0.4) is 0 Å². The number of hydrogen-bond acceptors (Lipinski definition) is 1. The first-order chi connectivity index (χ1) is 9.78. The summed E-state index contributed by atoms with van der Waals surface area (Å²) in [6, 6.07) is 6.69. The predicted molar refractivity (Wildman–Crippen MR) is 81.7 cm³/mol. The summed E-state index contributed by atoms with van der Waals surface area (Å²) in [4.78, 5) is 0. The zero-order valence-electron chi connectivity index (χ0n) is 12.6. The molecule has 1 aliphatic carbocycles. The summed E-state index contributed by atoms with van der Waals surface area (Å²) in [5.74, 6) is 2.53. The summed E-state index contributed by atoms with van der Waals surface area (Å²) in [7, 11) is 0. The standard InChI is InChI=1S/C18H27O2/c1-2-3-4-5-15-6-8-16(9-7-15)14-20-18-12-10-17(19)11-13-18/h10-13,15-16H,2-9,14H2,1H3. The number of ether oxygens (including phenoxy) is 1. The summed E-state index contributed by atoms with van der Waals surface area (Å²) in [6.07, 6.45) is 10.9. The summed E-state index contributed by atoms with van der Waals surface area (Å²) in [6.45, 7) is 3.08. The van der Waals surface area contributed by atoms with Crippen molar-refractivity contribution in [3.8, 4) is 11.5 Å². The van der Waals surface area contributed by atoms with E-state index < -0.39 is 0 Å². The molecule has 0 saturated heterocycles. The van der Waals surface area contributed by atoms with Crippen molar-refractivity contribution in [3.63, 3.8) is 0 Å². The molecule has 2 nitrogen and oxygen atoms in total. The minimum atomic E-state index is 0.0462. The number of rotatable bonds is 7. The zero-order valence-corrected chi connectivity index (χ0v) is 12.6. The van der Waals surface area contributed by atoms with Gasteiger partial charge in [-0.25, -0.2) is 0 Å². The minimum Gasteiger partial charge on any atom is -0.493 e. The molecule has 0 amide bonds. The van der Waals surface area contributed by atoms with Crippen molar-refractivity contribution in [2.24, 2.45) is 11.8 Å². The Labute approximate surface area is 123 Å². The van der Waals surface area contributed by atoms with Gasteiger partial charge in [0.2, 0.25) is 0 Å². The quantitative estimate of drug-likeness (QED) is 0.596. The average molecular weight is 275 g/mol. The lowest BCUT2D eigenvalue weighted by molar-refractivity contribution is 0.177. The van der Waals surface area contributed by atoms with E-state index in [2.05, 4.69) is 6.92 Å². The van der Waals surface area contributed by atoms with Crippen molar-refractivity contribution in [1.29, 1.82) is 0 Å². The number of hydrogen-bond donors (Lipinski definition) is 0. The van der Waals surface area contributed by atoms with Gasteiger partial charge in [0.1, 0.15) is 5.75 Å². The Balaban J connectivity index is 1.63. The Morgan fingerprint density at radius 1 is 1.00 bits per heavy atom. The van der Waals surface area contributed by atoms with E-state index in [1.54, 1.807) is 24.3 Å². The molecule has 1 saturated carbocycles. The van der Waals surface area contributed by atoms with Crippen molar-refractivity contribution < 1.29 is 9.84 Å². The molecule has 1 radical (unpaired) electrons. The summed E-state index contributed by atoms with van der Waals surface area (Å²) in [5, 5.41) is 11.0. The van der Waals surface area contributed by atoms with Gasteiger partial charge in [-0.15, -0.1) is 0 Å². The van der Waals surface area contributed by atoms with Gasteiger partial charge in [0.25, 0.3) is 0 Å². The van der Waals surface area contributed by atoms with Crippen LogP contribution in [0.4, 0.5) is 0 Å². The van der Waals surface area contributed by atoms with Crippen LogP contribution in [-0.4, -0.2) is 6.61 Å². The van der Waals surface area contributed by atoms with Crippen LogP contribution >= 0.6 is 0 Å². The maximum absolute atomic E-state index is 11.0. The smallest absolute Gasteiger partial charge is 0.178 e. The minimum absolute atomic E-state index is 0.0462. The second-order valence-corrected chi connectivity index (χ2v) is 6.16. The van der Waals surface area contributed by atoms with Crippen LogP contribution < -0.4 is 4.74 Å². The van der Waals surface area contributed by atoms with Gasteiger partial charge in [-0.05, 0) is 48.9 Å². The Morgan fingerprint density at radius 2 is 1.65 bits per heavy atom. The Kier molecular flexibility index (Phi) is 6.23. The highest BCUT2D eigenvalue weighted by atomic mass is 16.5. The first-order valence-corrected chi connectivity index (χ1v) is 8.17. The highest BCUT2D eigenvalue weighted by Crippen LogP contribution is 2.32. The van der Waals surface area contributed by atoms with Crippen LogP contribution in [0.25, 0.3) is 0 Å². The molecule has 0 bridgehead atoms. The van der Waals surface area contributed by atoms with Crippen molar-refractivity contribution in [2.75, 3.05) is 6.61 Å². The lowest BCUT2D eigenvalue weighted by Gasteiger charge is -2.28. The molecule has 0 aromatic heterocycles. The van der Waals surface area contributed by atoms with E-state index >= 15 is 0 Å². The second kappa shape index (κ2) is 8.18. The third-order valence-electron chi connectivity index (χ3n) is 4.49. The van der Waals surface area contributed by atoms with Gasteiger partial charge in [-0.2, -0.15) is 0 Å². The van der Waals surface area contributed by atoms with Crippen LogP contribution in [0.15, 0.2) is 24.3 Å². The van der Waals surface area contributed by atoms with E-state index in [0.29, 0.717) is 5.92 Å². The maximum Gasteiger partial charge on any atom is 0.178 e. The average Bonchev–Trinajstić information content (AvgIpc) is 2.48. The van der Waals surface area contributed by atoms with Crippen LogP contribution in [0, 0.1) is 11.8 Å². The third-order valence-corrected chi connectivity index (χ3v) is 4.49. The molecule has 0 spiro atoms. The lowest BCUT2D eigenvalue weighted by atomic mass is 9.80. The molecule has 1 aromatic carbocycles. The van der Waals surface area contributed by atoms with E-state index in [1.807, 2.05) is 0 Å².